The molecule has 1 radical (unpaired) electrons. The van der Waals surface area contributed by atoms with Gasteiger partial charge < -0.3 is 10.6 Å². The van der Waals surface area contributed by atoms with Crippen LogP contribution in [-0.4, -0.2) is 24.2 Å². The van der Waals surface area contributed by atoms with E-state index in [1.54, 1.807) is 0 Å². The number of nitrogens with zero attached hydrogens (tertiary/aromatic N) is 2. The summed E-state index contributed by atoms with van der Waals surface area (Å²) in [7, 11) is 0. The minimum atomic E-state index is 0. The molecular weight excluding hydrogens is 380 g/mol. The third kappa shape index (κ3) is 9.66. The molecule has 0 saturated heterocycles. The maximum Gasteiger partial charge on any atom is 2.00 e. The number of hydrogen-bond donors (Lipinski definition) is 0. The second-order valence-corrected chi connectivity index (χ2v) is 9.47. The van der Waals surface area contributed by atoms with Gasteiger partial charge in [-0.25, -0.2) is 0 Å². The van der Waals surface area contributed by atoms with Crippen molar-refractivity contribution in [3.8, 4) is 0 Å². The molecule has 0 bridgehead atoms. The van der Waals surface area contributed by atoms with E-state index in [-0.39, 0.29) is 17.1 Å². The van der Waals surface area contributed by atoms with Gasteiger partial charge in [-0.3, -0.25) is 0 Å². The maximum atomic E-state index is 5.00. The molecule has 0 unspecified atom stereocenters. The van der Waals surface area contributed by atoms with E-state index in [1.165, 1.54) is 128 Å². The van der Waals surface area contributed by atoms with Gasteiger partial charge in [0.1, 0.15) is 0 Å². The summed E-state index contributed by atoms with van der Waals surface area (Å²) in [6.07, 6.45) is 28.4. The molecule has 2 nitrogen and oxygen atoms in total. The number of hydrogen-bond acceptors (Lipinski definition) is 0. The second kappa shape index (κ2) is 14.4. The topological polar surface area (TPSA) is 28.2 Å². The van der Waals surface area contributed by atoms with Gasteiger partial charge in [-0.1, -0.05) is 128 Å². The first-order valence-electron chi connectivity index (χ1n) is 12.3. The largest absolute Gasteiger partial charge is 2.00 e. The Balaban J connectivity index is 0.000000187. The summed E-state index contributed by atoms with van der Waals surface area (Å²) in [6.45, 7) is 0. The summed E-state index contributed by atoms with van der Waals surface area (Å²) in [5.41, 5.74) is 0. The molecule has 0 aromatic rings. The number of rotatable bonds is 4. The van der Waals surface area contributed by atoms with E-state index in [2.05, 4.69) is 0 Å². The molecule has 0 amide bonds. The van der Waals surface area contributed by atoms with Crippen LogP contribution in [0.25, 0.3) is 10.6 Å². The molecule has 27 heavy (non-hydrogen) atoms. The van der Waals surface area contributed by atoms with Gasteiger partial charge in [0, 0.05) is 0 Å². The predicted molar refractivity (Wildman–Crippen MR) is 114 cm³/mol. The zero-order chi connectivity index (χ0) is 17.9. The minimum Gasteiger partial charge on any atom is -0.657 e. The smallest absolute Gasteiger partial charge is 0.657 e. The molecule has 0 atom stereocenters. The summed E-state index contributed by atoms with van der Waals surface area (Å²) in [5, 5.41) is 9.99. The molecule has 0 heterocycles. The molecule has 4 aliphatic carbocycles. The van der Waals surface area contributed by atoms with Gasteiger partial charge in [0.05, 0.1) is 0 Å². The van der Waals surface area contributed by atoms with Gasteiger partial charge in [-0.15, -0.1) is 24.2 Å². The van der Waals surface area contributed by atoms with Crippen LogP contribution >= 0.6 is 0 Å². The van der Waals surface area contributed by atoms with E-state index in [1.807, 2.05) is 0 Å². The van der Waals surface area contributed by atoms with Crippen molar-refractivity contribution >= 4 is 0 Å². The molecule has 0 aromatic heterocycles. The normalized spacial score (nSPS) is 26.7. The first kappa shape index (κ1) is 23.7. The van der Waals surface area contributed by atoms with Crippen LogP contribution in [-0.2, 0) is 17.1 Å². The van der Waals surface area contributed by atoms with Gasteiger partial charge >= 0.3 is 17.1 Å². The Morgan fingerprint density at radius 2 is 0.481 bits per heavy atom. The van der Waals surface area contributed by atoms with E-state index in [0.717, 1.165) is 24.2 Å². The van der Waals surface area contributed by atoms with Gasteiger partial charge in [-0.05, 0) is 0 Å². The molecule has 0 aliphatic heterocycles. The van der Waals surface area contributed by atoms with Gasteiger partial charge in [0.2, 0.25) is 0 Å². The summed E-state index contributed by atoms with van der Waals surface area (Å²) in [5.74, 6) is 0. The van der Waals surface area contributed by atoms with Crippen LogP contribution in [0.15, 0.2) is 0 Å². The zero-order valence-corrected chi connectivity index (χ0v) is 18.6. The Labute approximate surface area is 180 Å². The van der Waals surface area contributed by atoms with E-state index in [0.29, 0.717) is 0 Å². The van der Waals surface area contributed by atoms with Crippen molar-refractivity contribution in [1.82, 2.24) is 0 Å². The first-order chi connectivity index (χ1) is 12.9. The first-order valence-corrected chi connectivity index (χ1v) is 12.3. The molecule has 4 saturated carbocycles. The van der Waals surface area contributed by atoms with Crippen LogP contribution < -0.4 is 0 Å². The van der Waals surface area contributed by atoms with Crippen LogP contribution in [0, 0.1) is 0 Å². The molecule has 4 fully saturated rings. The molecule has 161 valence electrons. The second-order valence-electron chi connectivity index (χ2n) is 9.47. The molecule has 4 aliphatic rings. The molecule has 0 aromatic carbocycles. The Morgan fingerprint density at radius 1 is 0.296 bits per heavy atom. The summed E-state index contributed by atoms with van der Waals surface area (Å²) >= 11 is 0. The molecule has 0 N–H and O–H groups in total. The van der Waals surface area contributed by atoms with Gasteiger partial charge in [-0.2, -0.15) is 0 Å². The molecule has 3 heteroatoms. The van der Waals surface area contributed by atoms with Crippen molar-refractivity contribution in [2.75, 3.05) is 0 Å². The Hall–Kier alpha value is 0.439. The maximum absolute atomic E-state index is 5.00. The van der Waals surface area contributed by atoms with Crippen molar-refractivity contribution < 1.29 is 17.1 Å². The molecular formula is C24H44CuN2. The van der Waals surface area contributed by atoms with Gasteiger partial charge in [0.15, 0.2) is 0 Å². The van der Waals surface area contributed by atoms with Crippen LogP contribution in [0.2, 0.25) is 0 Å². The fourth-order valence-electron chi connectivity index (χ4n) is 5.52. The van der Waals surface area contributed by atoms with Crippen LogP contribution in [0.1, 0.15) is 128 Å². The fourth-order valence-corrected chi connectivity index (χ4v) is 5.52. The average molecular weight is 424 g/mol. The standard InChI is InChI=1S/2C12H22N.Cu/c2*1-3-7-11(8-4-1)13-12-9-5-2-6-10-12;/h2*11-12H,1-10H2;/q2*-1;+2. The summed E-state index contributed by atoms with van der Waals surface area (Å²) < 4.78 is 0. The summed E-state index contributed by atoms with van der Waals surface area (Å²) in [6, 6.07) is 2.99. The third-order valence-electron chi connectivity index (χ3n) is 7.14. The van der Waals surface area contributed by atoms with Crippen LogP contribution in [0.5, 0.6) is 0 Å². The van der Waals surface area contributed by atoms with Crippen molar-refractivity contribution in [2.24, 2.45) is 0 Å². The van der Waals surface area contributed by atoms with Crippen LogP contribution in [0.3, 0.4) is 0 Å². The Kier molecular flexibility index (Phi) is 12.7. The van der Waals surface area contributed by atoms with Crippen molar-refractivity contribution in [2.45, 2.75) is 153 Å². The van der Waals surface area contributed by atoms with Crippen molar-refractivity contribution in [3.05, 3.63) is 10.6 Å². The molecule has 0 spiro atoms. The SMILES string of the molecule is C1CCC([N-]C2CCCCC2)CC1.C1CCC([N-]C2CCCCC2)CC1.[Cu+2]. The third-order valence-corrected chi connectivity index (χ3v) is 7.14. The summed E-state index contributed by atoms with van der Waals surface area (Å²) in [4.78, 5) is 0. The van der Waals surface area contributed by atoms with Crippen molar-refractivity contribution in [1.29, 1.82) is 0 Å². The van der Waals surface area contributed by atoms with Crippen LogP contribution in [0.4, 0.5) is 0 Å². The quantitative estimate of drug-likeness (QED) is 0.409. The van der Waals surface area contributed by atoms with E-state index in [4.69, 9.17) is 10.6 Å². The fraction of sp³-hybridized carbons (Fsp3) is 1.00. The van der Waals surface area contributed by atoms with E-state index < -0.39 is 0 Å². The monoisotopic (exact) mass is 423 g/mol. The minimum absolute atomic E-state index is 0. The zero-order valence-electron chi connectivity index (χ0n) is 17.6. The average Bonchev–Trinajstić information content (AvgIpc) is 2.72. The predicted octanol–water partition coefficient (Wildman–Crippen LogP) is 8.05. The van der Waals surface area contributed by atoms with E-state index in [9.17, 15) is 0 Å². The van der Waals surface area contributed by atoms with Gasteiger partial charge in [0.25, 0.3) is 0 Å². The Bertz CT molecular complexity index is 272. The Morgan fingerprint density at radius 3 is 0.667 bits per heavy atom. The molecule has 4 rings (SSSR count). The van der Waals surface area contributed by atoms with Crippen molar-refractivity contribution in [3.63, 3.8) is 0 Å². The van der Waals surface area contributed by atoms with E-state index >= 15 is 0 Å².